The Labute approximate surface area is 94.8 Å². The third-order valence-corrected chi connectivity index (χ3v) is 3.46. The maximum absolute atomic E-state index is 5.39. The molecule has 1 aliphatic rings. The van der Waals surface area contributed by atoms with E-state index in [1.807, 2.05) is 0 Å². The van der Waals surface area contributed by atoms with Gasteiger partial charge < -0.3 is 10.1 Å². The molecule has 2 heteroatoms. The van der Waals surface area contributed by atoms with Crippen LogP contribution in [0.25, 0.3) is 0 Å². The molecule has 0 aromatic rings. The van der Waals surface area contributed by atoms with Crippen LogP contribution < -0.4 is 5.32 Å². The summed E-state index contributed by atoms with van der Waals surface area (Å²) in [4.78, 5) is 0. The average Bonchev–Trinajstić information content (AvgIpc) is 2.25. The van der Waals surface area contributed by atoms with E-state index >= 15 is 0 Å². The third-order valence-electron chi connectivity index (χ3n) is 3.46. The van der Waals surface area contributed by atoms with Crippen LogP contribution in [0.4, 0.5) is 0 Å². The van der Waals surface area contributed by atoms with Crippen LogP contribution in [0.2, 0.25) is 0 Å². The molecule has 1 atom stereocenters. The van der Waals surface area contributed by atoms with E-state index in [4.69, 9.17) is 4.74 Å². The number of rotatable bonds is 6. The van der Waals surface area contributed by atoms with Gasteiger partial charge in [0, 0.05) is 19.3 Å². The summed E-state index contributed by atoms with van der Waals surface area (Å²) in [6, 6.07) is 0.718. The molecule has 1 rings (SSSR count). The zero-order valence-corrected chi connectivity index (χ0v) is 10.6. The van der Waals surface area contributed by atoms with Gasteiger partial charge in [0.2, 0.25) is 0 Å². The number of nitrogens with one attached hydrogen (secondary N) is 1. The number of hydrogen-bond acceptors (Lipinski definition) is 2. The second kappa shape index (κ2) is 7.24. The Morgan fingerprint density at radius 2 is 1.87 bits per heavy atom. The standard InChI is InChI=1S/C13H27NO/c1-11(2)4-5-13(14-3)10-12-6-8-15-9-7-12/h11-14H,4-10H2,1-3H3. The smallest absolute Gasteiger partial charge is 0.0468 e. The summed E-state index contributed by atoms with van der Waals surface area (Å²) in [5, 5.41) is 3.46. The fourth-order valence-corrected chi connectivity index (χ4v) is 2.30. The summed E-state index contributed by atoms with van der Waals surface area (Å²) in [5.41, 5.74) is 0. The topological polar surface area (TPSA) is 21.3 Å². The lowest BCUT2D eigenvalue weighted by Gasteiger charge is -2.26. The summed E-state index contributed by atoms with van der Waals surface area (Å²) in [6.07, 6.45) is 6.53. The fourth-order valence-electron chi connectivity index (χ4n) is 2.30. The highest BCUT2D eigenvalue weighted by Crippen LogP contribution is 2.22. The van der Waals surface area contributed by atoms with Crippen LogP contribution in [0, 0.1) is 11.8 Å². The zero-order valence-electron chi connectivity index (χ0n) is 10.6. The molecule has 0 aromatic heterocycles. The van der Waals surface area contributed by atoms with Gasteiger partial charge in [0.25, 0.3) is 0 Å². The van der Waals surface area contributed by atoms with E-state index in [2.05, 4.69) is 26.2 Å². The summed E-state index contributed by atoms with van der Waals surface area (Å²) in [5.74, 6) is 1.72. The number of hydrogen-bond donors (Lipinski definition) is 1. The van der Waals surface area contributed by atoms with Crippen LogP contribution in [0.15, 0.2) is 0 Å². The second-order valence-corrected chi connectivity index (χ2v) is 5.25. The minimum Gasteiger partial charge on any atom is -0.381 e. The molecule has 1 saturated heterocycles. The molecule has 90 valence electrons. The minimum atomic E-state index is 0.718. The Balaban J connectivity index is 2.19. The molecule has 1 fully saturated rings. The van der Waals surface area contributed by atoms with Crippen molar-refractivity contribution in [3.63, 3.8) is 0 Å². The van der Waals surface area contributed by atoms with Gasteiger partial charge in [-0.25, -0.2) is 0 Å². The first-order valence-electron chi connectivity index (χ1n) is 6.47. The van der Waals surface area contributed by atoms with Gasteiger partial charge in [-0.05, 0) is 51.0 Å². The van der Waals surface area contributed by atoms with Gasteiger partial charge in [0.1, 0.15) is 0 Å². The van der Waals surface area contributed by atoms with Crippen LogP contribution in [0.3, 0.4) is 0 Å². The Hall–Kier alpha value is -0.0800. The van der Waals surface area contributed by atoms with E-state index in [-0.39, 0.29) is 0 Å². The molecule has 0 amide bonds. The third kappa shape index (κ3) is 5.53. The lowest BCUT2D eigenvalue weighted by molar-refractivity contribution is 0.0603. The Morgan fingerprint density at radius 3 is 2.40 bits per heavy atom. The van der Waals surface area contributed by atoms with Crippen molar-refractivity contribution in [3.05, 3.63) is 0 Å². The molecule has 1 aliphatic heterocycles. The van der Waals surface area contributed by atoms with Crippen molar-refractivity contribution in [2.75, 3.05) is 20.3 Å². The van der Waals surface area contributed by atoms with Gasteiger partial charge in [-0.2, -0.15) is 0 Å². The molecule has 0 saturated carbocycles. The summed E-state index contributed by atoms with van der Waals surface area (Å²) in [6.45, 7) is 6.57. The molecule has 0 spiro atoms. The molecular weight excluding hydrogens is 186 g/mol. The Bertz CT molecular complexity index is 153. The molecular formula is C13H27NO. The zero-order chi connectivity index (χ0) is 11.1. The van der Waals surface area contributed by atoms with Crippen LogP contribution in [0.1, 0.15) is 46.0 Å². The van der Waals surface area contributed by atoms with Crippen LogP contribution in [-0.4, -0.2) is 26.3 Å². The molecule has 0 aliphatic carbocycles. The first-order valence-corrected chi connectivity index (χ1v) is 6.47. The largest absolute Gasteiger partial charge is 0.381 e. The van der Waals surface area contributed by atoms with Crippen molar-refractivity contribution in [1.82, 2.24) is 5.32 Å². The maximum atomic E-state index is 5.39. The molecule has 0 radical (unpaired) electrons. The first kappa shape index (κ1) is 13.0. The lowest BCUT2D eigenvalue weighted by Crippen LogP contribution is -2.30. The monoisotopic (exact) mass is 213 g/mol. The van der Waals surface area contributed by atoms with Crippen LogP contribution in [-0.2, 0) is 4.74 Å². The molecule has 1 unspecified atom stereocenters. The summed E-state index contributed by atoms with van der Waals surface area (Å²) >= 11 is 0. The lowest BCUT2D eigenvalue weighted by atomic mass is 9.89. The van der Waals surface area contributed by atoms with Gasteiger partial charge in [-0.15, -0.1) is 0 Å². The molecule has 0 aromatic carbocycles. The molecule has 15 heavy (non-hydrogen) atoms. The highest BCUT2D eigenvalue weighted by molar-refractivity contribution is 4.73. The summed E-state index contributed by atoms with van der Waals surface area (Å²) in [7, 11) is 2.10. The van der Waals surface area contributed by atoms with Gasteiger partial charge in [0.15, 0.2) is 0 Å². The normalized spacial score (nSPS) is 20.8. The average molecular weight is 213 g/mol. The second-order valence-electron chi connectivity index (χ2n) is 5.25. The number of ether oxygens (including phenoxy) is 1. The van der Waals surface area contributed by atoms with E-state index in [9.17, 15) is 0 Å². The van der Waals surface area contributed by atoms with E-state index in [0.717, 1.165) is 31.1 Å². The molecule has 2 nitrogen and oxygen atoms in total. The van der Waals surface area contributed by atoms with E-state index in [1.165, 1.54) is 32.1 Å². The van der Waals surface area contributed by atoms with Crippen molar-refractivity contribution in [2.45, 2.75) is 52.0 Å². The van der Waals surface area contributed by atoms with Crippen LogP contribution >= 0.6 is 0 Å². The minimum absolute atomic E-state index is 0.718. The van der Waals surface area contributed by atoms with Crippen molar-refractivity contribution >= 4 is 0 Å². The van der Waals surface area contributed by atoms with Crippen molar-refractivity contribution in [2.24, 2.45) is 11.8 Å². The van der Waals surface area contributed by atoms with Gasteiger partial charge in [0.05, 0.1) is 0 Å². The quantitative estimate of drug-likeness (QED) is 0.732. The molecule has 0 bridgehead atoms. The van der Waals surface area contributed by atoms with Gasteiger partial charge >= 0.3 is 0 Å². The summed E-state index contributed by atoms with van der Waals surface area (Å²) < 4.78 is 5.39. The van der Waals surface area contributed by atoms with Crippen molar-refractivity contribution in [3.8, 4) is 0 Å². The van der Waals surface area contributed by atoms with E-state index in [1.54, 1.807) is 0 Å². The predicted octanol–water partition coefficient (Wildman–Crippen LogP) is 2.83. The predicted molar refractivity (Wildman–Crippen MR) is 65.1 cm³/mol. The van der Waals surface area contributed by atoms with E-state index < -0.39 is 0 Å². The highest BCUT2D eigenvalue weighted by Gasteiger charge is 2.18. The van der Waals surface area contributed by atoms with Crippen molar-refractivity contribution in [1.29, 1.82) is 0 Å². The van der Waals surface area contributed by atoms with Crippen LogP contribution in [0.5, 0.6) is 0 Å². The SMILES string of the molecule is CNC(CCC(C)C)CC1CCOCC1. The fraction of sp³-hybridized carbons (Fsp3) is 1.00. The maximum Gasteiger partial charge on any atom is 0.0468 e. The molecule has 1 N–H and O–H groups in total. The van der Waals surface area contributed by atoms with Crippen molar-refractivity contribution < 1.29 is 4.74 Å². The first-order chi connectivity index (χ1) is 7.22. The van der Waals surface area contributed by atoms with Gasteiger partial charge in [-0.3, -0.25) is 0 Å². The Kier molecular flexibility index (Phi) is 6.26. The Morgan fingerprint density at radius 1 is 1.20 bits per heavy atom. The molecule has 1 heterocycles. The highest BCUT2D eigenvalue weighted by atomic mass is 16.5. The van der Waals surface area contributed by atoms with Gasteiger partial charge in [-0.1, -0.05) is 13.8 Å². The van der Waals surface area contributed by atoms with E-state index in [0.29, 0.717) is 0 Å².